The van der Waals surface area contributed by atoms with Crippen molar-refractivity contribution in [2.75, 3.05) is 0 Å². The standard InChI is InChI=1S/C28H36O3Si/c1-26(2,3)32(21-12-7-5-8-13-21,22-14-9-6-10-15-22)31-25-16-11-18-27(4)20-24-23(29)17-19-28(25,27)30-24/h5-10,12-15,24-25H,11,16-20H2,1-4H3/t24-,25-,27+,28+/m0/s1. The maximum atomic E-state index is 12.6. The molecule has 1 spiro atoms. The van der Waals surface area contributed by atoms with Gasteiger partial charge in [0.05, 0.1) is 11.7 Å². The van der Waals surface area contributed by atoms with Crippen molar-refractivity contribution in [2.24, 2.45) is 5.41 Å². The van der Waals surface area contributed by atoms with E-state index in [4.69, 9.17) is 9.16 Å². The molecule has 2 saturated heterocycles. The molecule has 2 aromatic carbocycles. The Hall–Kier alpha value is -1.75. The predicted molar refractivity (Wildman–Crippen MR) is 131 cm³/mol. The van der Waals surface area contributed by atoms with Crippen LogP contribution < -0.4 is 10.4 Å². The minimum atomic E-state index is -2.67. The molecule has 1 saturated carbocycles. The van der Waals surface area contributed by atoms with E-state index >= 15 is 0 Å². The van der Waals surface area contributed by atoms with Crippen molar-refractivity contribution < 1.29 is 14.0 Å². The van der Waals surface area contributed by atoms with Crippen LogP contribution in [0.3, 0.4) is 0 Å². The summed E-state index contributed by atoms with van der Waals surface area (Å²) >= 11 is 0. The maximum Gasteiger partial charge on any atom is 0.261 e. The Kier molecular flexibility index (Phi) is 5.27. The smallest absolute Gasteiger partial charge is 0.261 e. The maximum absolute atomic E-state index is 12.6. The zero-order valence-electron chi connectivity index (χ0n) is 19.9. The van der Waals surface area contributed by atoms with Gasteiger partial charge in [0.2, 0.25) is 0 Å². The van der Waals surface area contributed by atoms with Crippen molar-refractivity contribution in [1.29, 1.82) is 0 Å². The van der Waals surface area contributed by atoms with E-state index in [1.165, 1.54) is 10.4 Å². The van der Waals surface area contributed by atoms with Crippen molar-refractivity contribution in [1.82, 2.24) is 0 Å². The molecule has 3 fully saturated rings. The van der Waals surface area contributed by atoms with Crippen molar-refractivity contribution in [3.05, 3.63) is 60.7 Å². The van der Waals surface area contributed by atoms with Gasteiger partial charge in [0, 0.05) is 11.8 Å². The lowest BCUT2D eigenvalue weighted by atomic mass is 9.62. The molecule has 3 aliphatic rings. The van der Waals surface area contributed by atoms with Crippen LogP contribution in [0.5, 0.6) is 0 Å². The van der Waals surface area contributed by atoms with Crippen LogP contribution in [0.4, 0.5) is 0 Å². The second kappa shape index (κ2) is 7.65. The van der Waals surface area contributed by atoms with E-state index in [1.54, 1.807) is 0 Å². The molecule has 3 nitrogen and oxygen atoms in total. The largest absolute Gasteiger partial charge is 0.402 e. The van der Waals surface area contributed by atoms with Gasteiger partial charge in [-0.3, -0.25) is 4.79 Å². The summed E-state index contributed by atoms with van der Waals surface area (Å²) in [6, 6.07) is 21.8. The molecule has 0 unspecified atom stereocenters. The number of hydrogen-bond donors (Lipinski definition) is 0. The average Bonchev–Trinajstić information content (AvgIpc) is 3.04. The zero-order chi connectivity index (χ0) is 22.6. The molecule has 2 aromatic rings. The molecule has 2 bridgehead atoms. The molecule has 2 heterocycles. The van der Waals surface area contributed by atoms with Crippen LogP contribution in [-0.2, 0) is 14.0 Å². The molecule has 0 radical (unpaired) electrons. The lowest BCUT2D eigenvalue weighted by molar-refractivity contribution is -0.190. The lowest BCUT2D eigenvalue weighted by Gasteiger charge is -2.55. The Labute approximate surface area is 193 Å². The summed E-state index contributed by atoms with van der Waals surface area (Å²) in [7, 11) is -2.67. The second-order valence-electron chi connectivity index (χ2n) is 11.4. The third-order valence-electron chi connectivity index (χ3n) is 8.56. The number of carbonyl (C=O) groups excluding carboxylic acids is 1. The molecular weight excluding hydrogens is 412 g/mol. The molecule has 0 N–H and O–H groups in total. The average molecular weight is 449 g/mol. The molecule has 4 heteroatoms. The molecular formula is C28H36O3Si. The summed E-state index contributed by atoms with van der Waals surface area (Å²) < 4.78 is 14.3. The first kappa shape index (κ1) is 22.1. The van der Waals surface area contributed by atoms with Gasteiger partial charge in [-0.15, -0.1) is 0 Å². The first-order valence-electron chi connectivity index (χ1n) is 12.2. The van der Waals surface area contributed by atoms with Crippen LogP contribution in [0, 0.1) is 5.41 Å². The molecule has 5 rings (SSSR count). The number of fused-ring (bicyclic) bond motifs is 1. The zero-order valence-corrected chi connectivity index (χ0v) is 20.9. The van der Waals surface area contributed by atoms with Gasteiger partial charge in [0.1, 0.15) is 6.10 Å². The number of carbonyl (C=O) groups is 1. The highest BCUT2D eigenvalue weighted by Crippen LogP contribution is 2.61. The summed E-state index contributed by atoms with van der Waals surface area (Å²) in [6.45, 7) is 9.36. The molecule has 0 amide bonds. The minimum absolute atomic E-state index is 0.00524. The van der Waals surface area contributed by atoms with Crippen molar-refractivity contribution in [2.45, 2.75) is 89.1 Å². The van der Waals surface area contributed by atoms with Gasteiger partial charge in [0.15, 0.2) is 5.78 Å². The predicted octanol–water partition coefficient (Wildman–Crippen LogP) is 5.01. The van der Waals surface area contributed by atoms with E-state index in [-0.39, 0.29) is 34.0 Å². The fourth-order valence-corrected chi connectivity index (χ4v) is 11.7. The van der Waals surface area contributed by atoms with Gasteiger partial charge in [-0.25, -0.2) is 0 Å². The summed E-state index contributed by atoms with van der Waals surface area (Å²) in [5.41, 5.74) is -0.338. The summed E-state index contributed by atoms with van der Waals surface area (Å²) in [4.78, 5) is 12.6. The van der Waals surface area contributed by atoms with Crippen LogP contribution in [0.2, 0.25) is 5.04 Å². The van der Waals surface area contributed by atoms with E-state index in [2.05, 4.69) is 88.4 Å². The number of benzene rings is 2. The fourth-order valence-electron chi connectivity index (χ4n) is 6.94. The van der Waals surface area contributed by atoms with Crippen LogP contribution in [0.25, 0.3) is 0 Å². The highest BCUT2D eigenvalue weighted by molar-refractivity contribution is 6.99. The SMILES string of the molecule is CC(C)(C)[Si](O[C@H]1CCC[C@]2(C)C[C@@H]3O[C@]12CCC3=O)(c1ccccc1)c1ccccc1. The highest BCUT2D eigenvalue weighted by atomic mass is 28.4. The molecule has 170 valence electrons. The normalized spacial score (nSPS) is 32.6. The van der Waals surface area contributed by atoms with E-state index in [9.17, 15) is 4.79 Å². The van der Waals surface area contributed by atoms with Crippen molar-refractivity contribution in [3.63, 3.8) is 0 Å². The number of rotatable bonds is 4. The third-order valence-corrected chi connectivity index (χ3v) is 13.6. The summed E-state index contributed by atoms with van der Waals surface area (Å²) in [6.07, 6.45) is 5.29. The fraction of sp³-hybridized carbons (Fsp3) is 0.536. The quantitative estimate of drug-likeness (QED) is 0.617. The van der Waals surface area contributed by atoms with E-state index < -0.39 is 8.32 Å². The Balaban J connectivity index is 1.66. The Morgan fingerprint density at radius 2 is 1.56 bits per heavy atom. The highest BCUT2D eigenvalue weighted by Gasteiger charge is 2.67. The van der Waals surface area contributed by atoms with Gasteiger partial charge in [-0.05, 0) is 41.1 Å². The molecule has 1 aliphatic carbocycles. The van der Waals surface area contributed by atoms with Crippen LogP contribution in [0.1, 0.15) is 66.2 Å². The van der Waals surface area contributed by atoms with Gasteiger partial charge in [-0.1, -0.05) is 94.8 Å². The van der Waals surface area contributed by atoms with E-state index in [0.717, 1.165) is 32.1 Å². The number of hydrogen-bond acceptors (Lipinski definition) is 3. The van der Waals surface area contributed by atoms with Crippen LogP contribution >= 0.6 is 0 Å². The molecule has 2 aliphatic heterocycles. The Morgan fingerprint density at radius 1 is 0.969 bits per heavy atom. The molecule has 32 heavy (non-hydrogen) atoms. The topological polar surface area (TPSA) is 35.5 Å². The number of ketones is 1. The first-order chi connectivity index (χ1) is 15.2. The van der Waals surface area contributed by atoms with E-state index in [0.29, 0.717) is 6.42 Å². The monoisotopic (exact) mass is 448 g/mol. The number of Topliss-reactive ketones (excluding diaryl/α,β-unsaturated/α-hetero) is 1. The lowest BCUT2D eigenvalue weighted by Crippen LogP contribution is -2.71. The van der Waals surface area contributed by atoms with Gasteiger partial charge in [0.25, 0.3) is 8.32 Å². The van der Waals surface area contributed by atoms with Gasteiger partial charge < -0.3 is 9.16 Å². The Morgan fingerprint density at radius 3 is 2.12 bits per heavy atom. The molecule has 4 atom stereocenters. The summed E-state index contributed by atoms with van der Waals surface area (Å²) in [5, 5.41) is 2.55. The first-order valence-corrected chi connectivity index (χ1v) is 14.1. The molecule has 0 aromatic heterocycles. The minimum Gasteiger partial charge on any atom is -0.402 e. The van der Waals surface area contributed by atoms with Crippen LogP contribution in [0.15, 0.2) is 60.7 Å². The van der Waals surface area contributed by atoms with Gasteiger partial charge in [-0.2, -0.15) is 0 Å². The van der Waals surface area contributed by atoms with Crippen molar-refractivity contribution >= 4 is 24.5 Å². The number of ether oxygens (including phenoxy) is 1. The van der Waals surface area contributed by atoms with Crippen LogP contribution in [-0.4, -0.2) is 31.9 Å². The van der Waals surface area contributed by atoms with Crippen molar-refractivity contribution in [3.8, 4) is 0 Å². The van der Waals surface area contributed by atoms with Gasteiger partial charge >= 0.3 is 0 Å². The third kappa shape index (κ3) is 3.10. The Bertz CT molecular complexity index is 943. The summed E-state index contributed by atoms with van der Waals surface area (Å²) in [5.74, 6) is 0.287. The second-order valence-corrected chi connectivity index (χ2v) is 15.6. The van der Waals surface area contributed by atoms with E-state index in [1.807, 2.05) is 0 Å².